The van der Waals surface area contributed by atoms with E-state index in [1.165, 1.54) is 0 Å². The first kappa shape index (κ1) is 21.0. The molecule has 0 bridgehead atoms. The van der Waals surface area contributed by atoms with Gasteiger partial charge in [-0.3, -0.25) is 19.4 Å². The molecule has 0 aliphatic carbocycles. The quantitative estimate of drug-likeness (QED) is 0.420. The van der Waals surface area contributed by atoms with Crippen LogP contribution in [0.2, 0.25) is 0 Å². The summed E-state index contributed by atoms with van der Waals surface area (Å²) in [6.45, 7) is 0. The lowest BCUT2D eigenvalue weighted by atomic mass is 10.0. The van der Waals surface area contributed by atoms with Crippen molar-refractivity contribution >= 4 is 16.8 Å². The predicted octanol–water partition coefficient (Wildman–Crippen LogP) is 4.30. The molecule has 0 fully saturated rings. The van der Waals surface area contributed by atoms with Crippen LogP contribution in [0.5, 0.6) is 0 Å². The molecule has 5 aromatic rings. The van der Waals surface area contributed by atoms with Crippen LogP contribution in [0, 0.1) is 11.3 Å². The number of para-hydroxylation sites is 1. The molecule has 0 saturated carbocycles. The van der Waals surface area contributed by atoms with Crippen molar-refractivity contribution in [1.82, 2.24) is 19.7 Å². The monoisotopic (exact) mass is 444 g/mol. The number of pyridine rings is 2. The number of nitriles is 1. The van der Waals surface area contributed by atoms with Gasteiger partial charge in [-0.05, 0) is 47.5 Å². The highest BCUT2D eigenvalue weighted by Gasteiger charge is 2.24. The normalized spacial score (nSPS) is 11.7. The number of nitrogens with zero attached hydrogens (tertiary/aromatic N) is 5. The van der Waals surface area contributed by atoms with E-state index in [1.807, 2.05) is 66.9 Å². The molecule has 0 radical (unpaired) electrons. The van der Waals surface area contributed by atoms with Crippen LogP contribution in [-0.2, 0) is 11.2 Å². The minimum Gasteiger partial charge on any atom is -0.368 e. The third-order valence-electron chi connectivity index (χ3n) is 5.74. The standard InChI is InChI=1S/C27H20N6O/c28-16-19-10-8-18(9-11-19)15-25(27(29)34)33-17-22(26(32-33)24-7-3-4-13-30-24)20-12-14-31-23-6-2-1-5-21(20)23/h1-14,17,25H,15H2,(H2,29,34). The van der Waals surface area contributed by atoms with E-state index in [0.717, 1.165) is 27.6 Å². The Morgan fingerprint density at radius 3 is 2.47 bits per heavy atom. The largest absolute Gasteiger partial charge is 0.368 e. The van der Waals surface area contributed by atoms with Crippen molar-refractivity contribution in [3.05, 3.63) is 103 Å². The Bertz CT molecular complexity index is 1510. The van der Waals surface area contributed by atoms with E-state index >= 15 is 0 Å². The summed E-state index contributed by atoms with van der Waals surface area (Å²) < 4.78 is 1.62. The minimum absolute atomic E-state index is 0.348. The molecule has 0 aliphatic heterocycles. The maximum Gasteiger partial charge on any atom is 0.242 e. The van der Waals surface area contributed by atoms with Gasteiger partial charge in [0.25, 0.3) is 0 Å². The Morgan fingerprint density at radius 1 is 0.941 bits per heavy atom. The van der Waals surface area contributed by atoms with Gasteiger partial charge >= 0.3 is 0 Å². The first-order chi connectivity index (χ1) is 16.6. The molecule has 3 aromatic heterocycles. The van der Waals surface area contributed by atoms with Crippen LogP contribution in [0.25, 0.3) is 33.4 Å². The molecule has 0 aliphatic rings. The number of rotatable bonds is 6. The summed E-state index contributed by atoms with van der Waals surface area (Å²) >= 11 is 0. The van der Waals surface area contributed by atoms with Gasteiger partial charge in [-0.1, -0.05) is 36.4 Å². The summed E-state index contributed by atoms with van der Waals surface area (Å²) in [5.74, 6) is -0.495. The second kappa shape index (κ2) is 8.96. The van der Waals surface area contributed by atoms with E-state index < -0.39 is 11.9 Å². The number of hydrogen-bond donors (Lipinski definition) is 1. The van der Waals surface area contributed by atoms with Gasteiger partial charge < -0.3 is 5.73 Å². The molecule has 1 amide bonds. The Hall–Kier alpha value is -4.83. The number of carbonyl (C=O) groups is 1. The second-order valence-corrected chi connectivity index (χ2v) is 7.89. The van der Waals surface area contributed by atoms with Crippen LogP contribution in [0.3, 0.4) is 0 Å². The van der Waals surface area contributed by atoms with E-state index in [1.54, 1.807) is 29.2 Å². The van der Waals surface area contributed by atoms with Crippen molar-refractivity contribution in [2.24, 2.45) is 5.73 Å². The molecule has 1 atom stereocenters. The van der Waals surface area contributed by atoms with Gasteiger partial charge in [-0.15, -0.1) is 0 Å². The molecule has 0 spiro atoms. The fraction of sp³-hybridized carbons (Fsp3) is 0.0741. The SMILES string of the molecule is N#Cc1ccc(CC(C(N)=O)n2cc(-c3ccnc4ccccc34)c(-c3ccccn3)n2)cc1. The first-order valence-electron chi connectivity index (χ1n) is 10.8. The van der Waals surface area contributed by atoms with Crippen molar-refractivity contribution in [1.29, 1.82) is 5.26 Å². The number of amides is 1. The summed E-state index contributed by atoms with van der Waals surface area (Å²) in [4.78, 5) is 21.5. The summed E-state index contributed by atoms with van der Waals surface area (Å²) in [6, 6.07) is 24.0. The van der Waals surface area contributed by atoms with Crippen molar-refractivity contribution in [2.45, 2.75) is 12.5 Å². The summed E-state index contributed by atoms with van der Waals surface area (Å²) in [5, 5.41) is 14.8. The van der Waals surface area contributed by atoms with Gasteiger partial charge in [0, 0.05) is 36.0 Å². The average molecular weight is 444 g/mol. The summed E-state index contributed by atoms with van der Waals surface area (Å²) in [5.41, 5.74) is 11.3. The van der Waals surface area contributed by atoms with E-state index in [-0.39, 0.29) is 0 Å². The van der Waals surface area contributed by atoms with Crippen LogP contribution >= 0.6 is 0 Å². The third kappa shape index (κ3) is 4.00. The van der Waals surface area contributed by atoms with Gasteiger partial charge in [0.1, 0.15) is 11.7 Å². The number of carbonyl (C=O) groups excluding carboxylic acids is 1. The molecule has 2 N–H and O–H groups in total. The van der Waals surface area contributed by atoms with Crippen molar-refractivity contribution in [2.75, 3.05) is 0 Å². The van der Waals surface area contributed by atoms with Gasteiger partial charge in [0.05, 0.1) is 22.8 Å². The van der Waals surface area contributed by atoms with Crippen LogP contribution in [-0.4, -0.2) is 25.7 Å². The molecular formula is C27H20N6O. The van der Waals surface area contributed by atoms with Crippen LogP contribution in [0.4, 0.5) is 0 Å². The average Bonchev–Trinajstić information content (AvgIpc) is 3.32. The van der Waals surface area contributed by atoms with Crippen LogP contribution < -0.4 is 5.73 Å². The topological polar surface area (TPSA) is 110 Å². The highest BCUT2D eigenvalue weighted by atomic mass is 16.1. The lowest BCUT2D eigenvalue weighted by Gasteiger charge is -2.14. The maximum atomic E-state index is 12.5. The molecule has 2 aromatic carbocycles. The van der Waals surface area contributed by atoms with Gasteiger partial charge in [-0.2, -0.15) is 10.4 Å². The van der Waals surface area contributed by atoms with E-state index in [9.17, 15) is 4.79 Å². The lowest BCUT2D eigenvalue weighted by molar-refractivity contribution is -0.121. The van der Waals surface area contributed by atoms with Gasteiger partial charge in [-0.25, -0.2) is 0 Å². The Morgan fingerprint density at radius 2 is 1.74 bits per heavy atom. The highest BCUT2D eigenvalue weighted by molar-refractivity contribution is 5.97. The summed E-state index contributed by atoms with van der Waals surface area (Å²) in [7, 11) is 0. The molecular weight excluding hydrogens is 424 g/mol. The van der Waals surface area contributed by atoms with E-state index in [2.05, 4.69) is 16.0 Å². The highest BCUT2D eigenvalue weighted by Crippen LogP contribution is 2.35. The molecule has 1 unspecified atom stereocenters. The fourth-order valence-corrected chi connectivity index (χ4v) is 4.03. The molecule has 34 heavy (non-hydrogen) atoms. The molecule has 164 valence electrons. The maximum absolute atomic E-state index is 12.5. The predicted molar refractivity (Wildman–Crippen MR) is 129 cm³/mol. The zero-order chi connectivity index (χ0) is 23.5. The molecule has 5 rings (SSSR count). The number of aromatic nitrogens is 4. The number of primary amides is 1. The van der Waals surface area contributed by atoms with Gasteiger partial charge in [0.2, 0.25) is 5.91 Å². The van der Waals surface area contributed by atoms with Crippen molar-refractivity contribution in [3.63, 3.8) is 0 Å². The van der Waals surface area contributed by atoms with Crippen LogP contribution in [0.15, 0.2) is 91.4 Å². The number of fused-ring (bicyclic) bond motifs is 1. The summed E-state index contributed by atoms with van der Waals surface area (Å²) in [6.07, 6.45) is 5.68. The Kier molecular flexibility index (Phi) is 5.55. The molecule has 0 saturated heterocycles. The smallest absolute Gasteiger partial charge is 0.242 e. The second-order valence-electron chi connectivity index (χ2n) is 7.89. The van der Waals surface area contributed by atoms with E-state index in [0.29, 0.717) is 23.4 Å². The minimum atomic E-state index is -0.711. The van der Waals surface area contributed by atoms with Crippen molar-refractivity contribution in [3.8, 4) is 28.6 Å². The number of nitrogens with two attached hydrogens (primary N) is 1. The first-order valence-corrected chi connectivity index (χ1v) is 10.8. The molecule has 7 nitrogen and oxygen atoms in total. The Labute approximate surface area is 196 Å². The zero-order valence-corrected chi connectivity index (χ0v) is 18.2. The number of hydrogen-bond acceptors (Lipinski definition) is 5. The fourth-order valence-electron chi connectivity index (χ4n) is 4.03. The molecule has 7 heteroatoms. The van der Waals surface area contributed by atoms with Crippen molar-refractivity contribution < 1.29 is 4.79 Å². The number of benzene rings is 2. The Balaban J connectivity index is 1.65. The van der Waals surface area contributed by atoms with E-state index in [4.69, 9.17) is 16.1 Å². The van der Waals surface area contributed by atoms with Gasteiger partial charge in [0.15, 0.2) is 0 Å². The van der Waals surface area contributed by atoms with Crippen LogP contribution in [0.1, 0.15) is 17.2 Å². The third-order valence-corrected chi connectivity index (χ3v) is 5.74. The lowest BCUT2D eigenvalue weighted by Crippen LogP contribution is -2.28. The zero-order valence-electron chi connectivity index (χ0n) is 18.2. The molecule has 3 heterocycles.